The van der Waals surface area contributed by atoms with Gasteiger partial charge in [0.2, 0.25) is 10.0 Å². The molecular formula is C11H15BrFNO2S. The lowest BCUT2D eigenvalue weighted by Crippen LogP contribution is -2.26. The smallest absolute Gasteiger partial charge is 0.211 e. The second-order valence-electron chi connectivity index (χ2n) is 3.65. The summed E-state index contributed by atoms with van der Waals surface area (Å²) in [5, 5.41) is 0. The molecule has 1 unspecified atom stereocenters. The van der Waals surface area contributed by atoms with Crippen molar-refractivity contribution < 1.29 is 12.8 Å². The van der Waals surface area contributed by atoms with E-state index in [1.54, 1.807) is 0 Å². The van der Waals surface area contributed by atoms with Crippen LogP contribution in [-0.2, 0) is 10.0 Å². The second-order valence-corrected chi connectivity index (χ2v) is 6.71. The van der Waals surface area contributed by atoms with Crippen LogP contribution >= 0.6 is 15.9 Å². The molecule has 0 amide bonds. The Morgan fingerprint density at radius 2 is 2.18 bits per heavy atom. The van der Waals surface area contributed by atoms with Gasteiger partial charge in [-0.1, -0.05) is 28.9 Å². The Morgan fingerprint density at radius 3 is 2.76 bits per heavy atom. The number of sulfonamides is 1. The first-order valence-corrected chi connectivity index (χ1v) is 7.75. The highest BCUT2D eigenvalue weighted by molar-refractivity contribution is 9.09. The van der Waals surface area contributed by atoms with Gasteiger partial charge in [-0.05, 0) is 31.0 Å². The fourth-order valence-corrected chi connectivity index (χ4v) is 2.58. The van der Waals surface area contributed by atoms with Crippen molar-refractivity contribution in [3.8, 4) is 0 Å². The molecule has 0 bridgehead atoms. The Labute approximate surface area is 110 Å². The van der Waals surface area contributed by atoms with Crippen LogP contribution in [-0.4, -0.2) is 19.8 Å². The summed E-state index contributed by atoms with van der Waals surface area (Å²) in [4.78, 5) is 0.248. The van der Waals surface area contributed by atoms with E-state index in [9.17, 15) is 12.8 Å². The normalized spacial score (nSPS) is 13.6. The van der Waals surface area contributed by atoms with E-state index in [2.05, 4.69) is 20.7 Å². The Balaban J connectivity index is 2.63. The summed E-state index contributed by atoms with van der Waals surface area (Å²) in [7, 11) is -3.60. The molecule has 0 saturated heterocycles. The molecule has 0 aromatic heterocycles. The fraction of sp³-hybridized carbons (Fsp3) is 0.455. The summed E-state index contributed by atoms with van der Waals surface area (Å²) >= 11 is 3.42. The Hall–Kier alpha value is -0.460. The summed E-state index contributed by atoms with van der Waals surface area (Å²) in [5.41, 5.74) is 0. The summed E-state index contributed by atoms with van der Waals surface area (Å²) < 4.78 is 38.9. The average Bonchev–Trinajstić information content (AvgIpc) is 2.28. The molecule has 0 aliphatic carbocycles. The van der Waals surface area contributed by atoms with Crippen LogP contribution in [0.15, 0.2) is 29.2 Å². The zero-order valence-electron chi connectivity index (χ0n) is 9.49. The maximum absolute atomic E-state index is 12.9. The molecule has 1 atom stereocenters. The Bertz CT molecular complexity index is 464. The van der Waals surface area contributed by atoms with E-state index in [-0.39, 0.29) is 9.72 Å². The largest absolute Gasteiger partial charge is 0.240 e. The first kappa shape index (κ1) is 14.6. The molecule has 17 heavy (non-hydrogen) atoms. The van der Waals surface area contributed by atoms with Gasteiger partial charge >= 0.3 is 0 Å². The van der Waals surface area contributed by atoms with Crippen molar-refractivity contribution in [1.82, 2.24) is 4.72 Å². The lowest BCUT2D eigenvalue weighted by Gasteiger charge is -2.09. The first-order chi connectivity index (χ1) is 7.95. The lowest BCUT2D eigenvalue weighted by molar-refractivity contribution is 0.574. The quantitative estimate of drug-likeness (QED) is 0.818. The molecule has 0 aliphatic heterocycles. The second kappa shape index (κ2) is 6.47. The van der Waals surface area contributed by atoms with Crippen molar-refractivity contribution >= 4 is 26.0 Å². The highest BCUT2D eigenvalue weighted by atomic mass is 79.9. The maximum Gasteiger partial charge on any atom is 0.240 e. The fourth-order valence-electron chi connectivity index (χ4n) is 1.27. The predicted octanol–water partition coefficient (Wildman–Crippen LogP) is 2.67. The average molecular weight is 324 g/mol. The number of benzene rings is 1. The summed E-state index contributed by atoms with van der Waals surface area (Å²) in [5.74, 6) is -0.556. The van der Waals surface area contributed by atoms with Gasteiger partial charge < -0.3 is 0 Å². The predicted molar refractivity (Wildman–Crippen MR) is 69.2 cm³/mol. The van der Waals surface area contributed by atoms with Crippen LogP contribution in [0.5, 0.6) is 0 Å². The monoisotopic (exact) mass is 323 g/mol. The van der Waals surface area contributed by atoms with Gasteiger partial charge in [0, 0.05) is 11.4 Å². The zero-order valence-corrected chi connectivity index (χ0v) is 11.9. The number of hydrogen-bond donors (Lipinski definition) is 1. The molecule has 0 spiro atoms. The Kier molecular flexibility index (Phi) is 5.55. The molecule has 96 valence electrons. The molecule has 1 rings (SSSR count). The highest BCUT2D eigenvalue weighted by Gasteiger charge is 2.14. The van der Waals surface area contributed by atoms with Gasteiger partial charge in [-0.15, -0.1) is 0 Å². The minimum atomic E-state index is -3.60. The van der Waals surface area contributed by atoms with Crippen molar-refractivity contribution in [2.45, 2.75) is 29.5 Å². The minimum absolute atomic E-state index is 0.0416. The van der Waals surface area contributed by atoms with E-state index in [1.165, 1.54) is 18.2 Å². The van der Waals surface area contributed by atoms with Crippen LogP contribution in [0, 0.1) is 5.82 Å². The molecule has 1 aromatic carbocycles. The SMILES string of the molecule is CCC(Br)CCNS(=O)(=O)c1cccc(F)c1. The van der Waals surface area contributed by atoms with E-state index in [0.717, 1.165) is 12.5 Å². The molecular weight excluding hydrogens is 309 g/mol. The van der Waals surface area contributed by atoms with Crippen LogP contribution in [0.2, 0.25) is 0 Å². The molecule has 0 fully saturated rings. The third-order valence-corrected chi connectivity index (χ3v) is 4.86. The lowest BCUT2D eigenvalue weighted by atomic mass is 10.2. The van der Waals surface area contributed by atoms with Crippen LogP contribution in [0.1, 0.15) is 19.8 Å². The molecule has 0 aliphatic rings. The summed E-state index contributed by atoms with van der Waals surface area (Å²) in [6.45, 7) is 2.35. The number of nitrogens with one attached hydrogen (secondary N) is 1. The van der Waals surface area contributed by atoms with Crippen LogP contribution in [0.25, 0.3) is 0 Å². The standard InChI is InChI=1S/C11H15BrFNO2S/c1-2-9(12)6-7-14-17(15,16)11-5-3-4-10(13)8-11/h3-5,8-9,14H,2,6-7H2,1H3. The van der Waals surface area contributed by atoms with Crippen molar-refractivity contribution in [3.05, 3.63) is 30.1 Å². The van der Waals surface area contributed by atoms with Crippen LogP contribution in [0.3, 0.4) is 0 Å². The first-order valence-electron chi connectivity index (χ1n) is 5.35. The number of rotatable bonds is 6. The molecule has 3 nitrogen and oxygen atoms in total. The van der Waals surface area contributed by atoms with Gasteiger partial charge in [0.1, 0.15) is 5.82 Å². The molecule has 0 heterocycles. The molecule has 6 heteroatoms. The van der Waals surface area contributed by atoms with Gasteiger partial charge in [-0.3, -0.25) is 0 Å². The van der Waals surface area contributed by atoms with Crippen molar-refractivity contribution in [3.63, 3.8) is 0 Å². The topological polar surface area (TPSA) is 46.2 Å². The van der Waals surface area contributed by atoms with Crippen LogP contribution in [0.4, 0.5) is 4.39 Å². The molecule has 1 aromatic rings. The third kappa shape index (κ3) is 4.73. The highest BCUT2D eigenvalue weighted by Crippen LogP contribution is 2.12. The van der Waals surface area contributed by atoms with Crippen molar-refractivity contribution in [2.75, 3.05) is 6.54 Å². The number of alkyl halides is 1. The van der Waals surface area contributed by atoms with Crippen LogP contribution < -0.4 is 4.72 Å². The Morgan fingerprint density at radius 1 is 1.47 bits per heavy atom. The number of halogens is 2. The zero-order chi connectivity index (χ0) is 12.9. The van der Waals surface area contributed by atoms with E-state index in [4.69, 9.17) is 0 Å². The van der Waals surface area contributed by atoms with Gasteiger partial charge in [0.15, 0.2) is 0 Å². The summed E-state index contributed by atoms with van der Waals surface area (Å²) in [6, 6.07) is 4.97. The third-order valence-electron chi connectivity index (χ3n) is 2.30. The van der Waals surface area contributed by atoms with Crippen molar-refractivity contribution in [2.24, 2.45) is 0 Å². The van der Waals surface area contributed by atoms with Gasteiger partial charge in [0.05, 0.1) is 4.90 Å². The minimum Gasteiger partial charge on any atom is -0.211 e. The van der Waals surface area contributed by atoms with E-state index in [0.29, 0.717) is 13.0 Å². The maximum atomic E-state index is 12.9. The van der Waals surface area contributed by atoms with Gasteiger partial charge in [0.25, 0.3) is 0 Å². The van der Waals surface area contributed by atoms with E-state index in [1.807, 2.05) is 6.92 Å². The molecule has 0 saturated carbocycles. The molecule has 0 radical (unpaired) electrons. The van der Waals surface area contributed by atoms with E-state index >= 15 is 0 Å². The van der Waals surface area contributed by atoms with Gasteiger partial charge in [-0.2, -0.15) is 0 Å². The molecule has 1 N–H and O–H groups in total. The van der Waals surface area contributed by atoms with Crippen molar-refractivity contribution in [1.29, 1.82) is 0 Å². The number of hydrogen-bond acceptors (Lipinski definition) is 2. The van der Waals surface area contributed by atoms with E-state index < -0.39 is 15.8 Å². The summed E-state index contributed by atoms with van der Waals surface area (Å²) in [6.07, 6.45) is 1.63. The van der Waals surface area contributed by atoms with Gasteiger partial charge in [-0.25, -0.2) is 17.5 Å².